The molecular weight excluding hydrogens is 214 g/mol. The Morgan fingerprint density at radius 1 is 1.14 bits per heavy atom. The van der Waals surface area contributed by atoms with Crippen molar-refractivity contribution in [3.8, 4) is 0 Å². The Labute approximate surface area is 95.8 Å². The predicted molar refractivity (Wildman–Crippen MR) is 13.0 cm³/mol. The van der Waals surface area contributed by atoms with Crippen LogP contribution in [0.3, 0.4) is 0 Å². The van der Waals surface area contributed by atoms with Gasteiger partial charge in [-0.2, -0.15) is 0 Å². The molecule has 0 radical (unpaired) electrons. The molecule has 2 N–H and O–H groups in total. The molecule has 0 atom stereocenters. The van der Waals surface area contributed by atoms with E-state index in [1.165, 1.54) is 0 Å². The number of rotatable bonds is 0. The average molecular weight is 217 g/mol. The van der Waals surface area contributed by atoms with Crippen LogP contribution in [0.25, 0.3) is 0 Å². The Bertz CT molecular complexity index is 94.9. The Kier molecular flexibility index (Phi) is 14.5. The quantitative estimate of drug-likeness (QED) is 0.460. The van der Waals surface area contributed by atoms with Crippen LogP contribution in [0.15, 0.2) is 0 Å². The van der Waals surface area contributed by atoms with Crippen LogP contribution in [-0.4, -0.2) is 59.8 Å². The summed E-state index contributed by atoms with van der Waals surface area (Å²) in [4.78, 5) is 0. The average Bonchev–Trinajstić information content (AvgIpc) is 0.722. The molecule has 0 saturated carbocycles. The first kappa shape index (κ1) is 16.1. The van der Waals surface area contributed by atoms with Crippen LogP contribution < -0.4 is 0 Å². The third-order valence-corrected chi connectivity index (χ3v) is 0. The van der Waals surface area contributed by atoms with Crippen molar-refractivity contribution in [3.63, 3.8) is 0 Å². The summed E-state index contributed by atoms with van der Waals surface area (Å²) in [5.41, 5.74) is 0. The van der Waals surface area contributed by atoms with Crippen LogP contribution in [0.5, 0.6) is 0 Å². The fourth-order valence-corrected chi connectivity index (χ4v) is 0. The van der Waals surface area contributed by atoms with Gasteiger partial charge in [0, 0.05) is 17.1 Å². The summed E-state index contributed by atoms with van der Waals surface area (Å²) < 4.78 is 31.8. The molecule has 0 amide bonds. The molecule has 4 nitrogen and oxygen atoms in total. The predicted octanol–water partition coefficient (Wildman–Crippen LogP) is -2.01. The van der Waals surface area contributed by atoms with Gasteiger partial charge < -0.3 is 0 Å². The van der Waals surface area contributed by atoms with Crippen LogP contribution in [0.1, 0.15) is 0 Å². The van der Waals surface area contributed by atoms with E-state index in [1.54, 1.807) is 0 Å². The molecule has 0 aromatic carbocycles. The van der Waals surface area contributed by atoms with E-state index in [4.69, 9.17) is 16.0 Å². The van der Waals surface area contributed by atoms with E-state index < -0.39 is 13.4 Å². The topological polar surface area (TPSA) is 74.6 Å². The Morgan fingerprint density at radius 3 is 1.14 bits per heavy atom. The van der Waals surface area contributed by atoms with Gasteiger partial charge in [-0.25, -0.2) is 0 Å². The number of hydrogen-bond acceptors (Lipinski definition) is 2. The summed E-state index contributed by atoms with van der Waals surface area (Å²) in [5, 5.41) is 0. The molecule has 0 aliphatic heterocycles. The normalized spacial score (nSPS) is 8.29. The van der Waals surface area contributed by atoms with Crippen molar-refractivity contribution in [1.29, 1.82) is 0 Å². The summed E-state index contributed by atoms with van der Waals surface area (Å²) in [6.45, 7) is 0. The Balaban J connectivity index is -0.0000000800. The second-order valence-electron chi connectivity index (χ2n) is 0.415. The molecule has 0 saturated heterocycles. The first-order chi connectivity index (χ1) is 2.00. The molecule has 0 bridgehead atoms. The van der Waals surface area contributed by atoms with E-state index in [9.17, 15) is 0 Å². The zero-order valence-corrected chi connectivity index (χ0v) is 4.73. The second-order valence-corrected chi connectivity index (χ2v) is 1.71. The van der Waals surface area contributed by atoms with Gasteiger partial charge in [0.25, 0.3) is 0 Å². The molecule has 0 heterocycles. The molecule has 0 fully saturated rings. The molecule has 0 spiro atoms. The van der Waals surface area contributed by atoms with Gasteiger partial charge in [-0.05, 0) is 0 Å². The fraction of sp³-hybridized carbons (Fsp3) is 0. The number of hydrogen-bond donors (Lipinski definition) is 2. The second kappa shape index (κ2) is 6.32. The maximum atomic E-state index is 8.80. The van der Waals surface area contributed by atoms with Crippen molar-refractivity contribution < 1.29 is 46.5 Å². The Morgan fingerprint density at radius 2 is 1.14 bits per heavy atom. The van der Waals surface area contributed by atoms with Gasteiger partial charge >= 0.3 is 80.8 Å². The summed E-state index contributed by atoms with van der Waals surface area (Å²) in [5.74, 6) is 0. The van der Waals surface area contributed by atoms with Gasteiger partial charge in [-0.1, -0.05) is 0 Å². The molecule has 7 heteroatoms. The van der Waals surface area contributed by atoms with E-state index >= 15 is 0 Å². The monoisotopic (exact) mass is 217 g/mol. The fourth-order valence-electron chi connectivity index (χ4n) is 0. The molecular formula is H3FeKMnO4. The van der Waals surface area contributed by atoms with Crippen molar-refractivity contribution in [3.05, 3.63) is 0 Å². The van der Waals surface area contributed by atoms with Crippen LogP contribution in [0.4, 0.5) is 0 Å². The minimum atomic E-state index is -5.12. The van der Waals surface area contributed by atoms with Crippen LogP contribution >= 0.6 is 0 Å². The summed E-state index contributed by atoms with van der Waals surface area (Å²) in [7, 11) is 0. The van der Waals surface area contributed by atoms with Crippen LogP contribution in [0, 0.1) is 0 Å². The van der Waals surface area contributed by atoms with Crippen LogP contribution in [-0.2, 0) is 38.1 Å². The molecule has 0 aromatic rings. The molecule has 0 aliphatic rings. The Hall–Kier alpha value is 2.20. The third kappa shape index (κ3) is 65.3. The molecule has 0 unspecified atom stereocenters. The van der Waals surface area contributed by atoms with Gasteiger partial charge in [0.1, 0.15) is 0 Å². The minimum absolute atomic E-state index is 0. The van der Waals surface area contributed by atoms with E-state index in [0.29, 0.717) is 0 Å². The first-order valence-corrected chi connectivity index (χ1v) is 2.67. The van der Waals surface area contributed by atoms with E-state index in [0.717, 1.165) is 0 Å². The van der Waals surface area contributed by atoms with Gasteiger partial charge in [0.15, 0.2) is 0 Å². The van der Waals surface area contributed by atoms with E-state index in [-0.39, 0.29) is 68.5 Å². The van der Waals surface area contributed by atoms with Crippen molar-refractivity contribution in [1.82, 2.24) is 0 Å². The maximum absolute atomic E-state index is 8.80. The molecule has 43 valence electrons. The molecule has 0 aromatic heterocycles. The van der Waals surface area contributed by atoms with Crippen molar-refractivity contribution in [2.75, 3.05) is 0 Å². The van der Waals surface area contributed by atoms with Crippen LogP contribution in [0.2, 0.25) is 0 Å². The molecule has 0 aliphatic carbocycles. The SMILES string of the molecule is [Fe].[KH].[O]=[Mn](=[O])([OH])[OH]. The summed E-state index contributed by atoms with van der Waals surface area (Å²) in [6.07, 6.45) is 0. The van der Waals surface area contributed by atoms with Gasteiger partial charge in [-0.15, -0.1) is 0 Å². The van der Waals surface area contributed by atoms with Crippen molar-refractivity contribution in [2.45, 2.75) is 0 Å². The summed E-state index contributed by atoms with van der Waals surface area (Å²) >= 11 is -5.12. The van der Waals surface area contributed by atoms with E-state index in [1.807, 2.05) is 0 Å². The van der Waals surface area contributed by atoms with Crippen molar-refractivity contribution >= 4 is 51.4 Å². The third-order valence-electron chi connectivity index (χ3n) is 0. The van der Waals surface area contributed by atoms with E-state index in [2.05, 4.69) is 0 Å². The standard InChI is InChI=1S/Fe.K.Mn.2H2O.2O.H/h;;;2*1H2;;;/q;;+2;;;;;/p-2. The zero-order valence-electron chi connectivity index (χ0n) is 2.44. The van der Waals surface area contributed by atoms with Crippen molar-refractivity contribution in [2.24, 2.45) is 0 Å². The molecule has 7 heavy (non-hydrogen) atoms. The summed E-state index contributed by atoms with van der Waals surface area (Å²) in [6, 6.07) is 0. The van der Waals surface area contributed by atoms with Gasteiger partial charge in [0.05, 0.1) is 0 Å². The van der Waals surface area contributed by atoms with Gasteiger partial charge in [-0.3, -0.25) is 0 Å². The van der Waals surface area contributed by atoms with Gasteiger partial charge in [0.2, 0.25) is 0 Å². The zero-order chi connectivity index (χ0) is 4.50. The first-order valence-electron chi connectivity index (χ1n) is 0.647. The molecule has 0 rings (SSSR count).